The molecule has 5 nitrogen and oxygen atoms in total. The van der Waals surface area contributed by atoms with E-state index in [-0.39, 0.29) is 17.4 Å². The Morgan fingerprint density at radius 1 is 1.08 bits per heavy atom. The predicted octanol–water partition coefficient (Wildman–Crippen LogP) is 3.86. The number of hydrogen-bond acceptors (Lipinski definition) is 4. The maximum atomic E-state index is 12.2. The van der Waals surface area contributed by atoms with Crippen molar-refractivity contribution in [2.45, 2.75) is 11.8 Å². The smallest absolute Gasteiger partial charge is 0.272 e. The molecule has 2 amide bonds. The average Bonchev–Trinajstić information content (AvgIpc) is 2.65. The maximum Gasteiger partial charge on any atom is 0.288 e. The van der Waals surface area contributed by atoms with Crippen molar-refractivity contribution in [2.24, 2.45) is 0 Å². The zero-order valence-corrected chi connectivity index (χ0v) is 16.4. The highest BCUT2D eigenvalue weighted by molar-refractivity contribution is 9.10. The highest BCUT2D eigenvalue weighted by Gasteiger charge is 2.10. The molecule has 0 saturated carbocycles. The molecule has 0 aliphatic carbocycles. The van der Waals surface area contributed by atoms with E-state index in [1.54, 1.807) is 6.07 Å². The molecule has 1 heterocycles. The van der Waals surface area contributed by atoms with Crippen molar-refractivity contribution in [3.63, 3.8) is 0 Å². The highest BCUT2D eigenvalue weighted by atomic mass is 79.9. The summed E-state index contributed by atoms with van der Waals surface area (Å²) in [4.78, 5) is 29.4. The first-order chi connectivity index (χ1) is 12.5. The number of amides is 2. The Hall–Kier alpha value is -2.38. The first-order valence-electron chi connectivity index (χ1n) is 7.87. The third-order valence-corrected chi connectivity index (χ3v) is 5.31. The van der Waals surface area contributed by atoms with E-state index < -0.39 is 5.91 Å². The molecule has 2 aromatic carbocycles. The van der Waals surface area contributed by atoms with Gasteiger partial charge in [-0.1, -0.05) is 40.2 Å². The minimum absolute atomic E-state index is 0.202. The molecule has 0 atom stereocenters. The lowest BCUT2D eigenvalue weighted by atomic mass is 10.2. The second-order valence-corrected chi connectivity index (χ2v) is 7.52. The zero-order chi connectivity index (χ0) is 18.5. The van der Waals surface area contributed by atoms with E-state index in [1.165, 1.54) is 11.8 Å². The van der Waals surface area contributed by atoms with E-state index >= 15 is 0 Å². The quantitative estimate of drug-likeness (QED) is 0.487. The van der Waals surface area contributed by atoms with E-state index in [2.05, 4.69) is 31.8 Å². The number of benzene rings is 2. The molecule has 0 aliphatic rings. The van der Waals surface area contributed by atoms with Gasteiger partial charge in [-0.3, -0.25) is 20.4 Å². The molecule has 2 N–H and O–H groups in total. The van der Waals surface area contributed by atoms with Crippen LogP contribution in [0.15, 0.2) is 64.0 Å². The van der Waals surface area contributed by atoms with Gasteiger partial charge >= 0.3 is 0 Å². The van der Waals surface area contributed by atoms with Gasteiger partial charge in [-0.05, 0) is 42.8 Å². The van der Waals surface area contributed by atoms with Crippen LogP contribution < -0.4 is 10.9 Å². The SMILES string of the molecule is Cc1cc(Br)ccc1SCC(=O)NNC(=O)c1ccc2ccccc2n1. The van der Waals surface area contributed by atoms with Gasteiger partial charge < -0.3 is 0 Å². The molecule has 132 valence electrons. The van der Waals surface area contributed by atoms with Crippen molar-refractivity contribution < 1.29 is 9.59 Å². The maximum absolute atomic E-state index is 12.2. The monoisotopic (exact) mass is 429 g/mol. The van der Waals surface area contributed by atoms with Gasteiger partial charge in [0, 0.05) is 14.8 Å². The number of rotatable bonds is 4. The Kier molecular flexibility index (Phi) is 5.90. The molecule has 0 bridgehead atoms. The number of para-hydroxylation sites is 1. The lowest BCUT2D eigenvalue weighted by molar-refractivity contribution is -0.119. The summed E-state index contributed by atoms with van der Waals surface area (Å²) in [5.74, 6) is -0.533. The van der Waals surface area contributed by atoms with Crippen LogP contribution in [0, 0.1) is 6.92 Å². The first kappa shape index (κ1) is 18.4. The largest absolute Gasteiger partial charge is 0.288 e. The third-order valence-electron chi connectivity index (χ3n) is 3.64. The summed E-state index contributed by atoms with van der Waals surface area (Å²) in [5, 5.41) is 0.953. The van der Waals surface area contributed by atoms with Crippen LogP contribution in [0.2, 0.25) is 0 Å². The van der Waals surface area contributed by atoms with E-state index in [0.29, 0.717) is 0 Å². The molecule has 3 aromatic rings. The van der Waals surface area contributed by atoms with Crippen LogP contribution in [0.3, 0.4) is 0 Å². The number of hydrogen-bond donors (Lipinski definition) is 2. The molecule has 1 aromatic heterocycles. The summed E-state index contributed by atoms with van der Waals surface area (Å²) >= 11 is 4.83. The van der Waals surface area contributed by atoms with Crippen LogP contribution in [-0.2, 0) is 4.79 Å². The molecule has 0 aliphatic heterocycles. The summed E-state index contributed by atoms with van der Waals surface area (Å²) in [7, 11) is 0. The standard InChI is InChI=1S/C19H16BrN3O2S/c1-12-10-14(20)7-9-17(12)26-11-18(24)22-23-19(25)16-8-6-13-4-2-3-5-15(13)21-16/h2-10H,11H2,1H3,(H,22,24)(H,23,25). The van der Waals surface area contributed by atoms with Crippen LogP contribution in [0.5, 0.6) is 0 Å². The fourth-order valence-electron chi connectivity index (χ4n) is 2.34. The predicted molar refractivity (Wildman–Crippen MR) is 107 cm³/mol. The molecule has 0 radical (unpaired) electrons. The van der Waals surface area contributed by atoms with Crippen molar-refractivity contribution in [3.8, 4) is 0 Å². The number of carbonyl (C=O) groups is 2. The number of nitrogens with one attached hydrogen (secondary N) is 2. The molecule has 26 heavy (non-hydrogen) atoms. The van der Waals surface area contributed by atoms with Gasteiger partial charge in [0.25, 0.3) is 5.91 Å². The highest BCUT2D eigenvalue weighted by Crippen LogP contribution is 2.25. The number of aryl methyl sites for hydroxylation is 1. The van der Waals surface area contributed by atoms with Crippen molar-refractivity contribution in [1.29, 1.82) is 0 Å². The van der Waals surface area contributed by atoms with Gasteiger partial charge in [-0.15, -0.1) is 11.8 Å². The van der Waals surface area contributed by atoms with Gasteiger partial charge in [0.05, 0.1) is 11.3 Å². The second kappa shape index (κ2) is 8.33. The molecule has 3 rings (SSSR count). The Bertz CT molecular complexity index is 978. The molecule has 0 saturated heterocycles. The topological polar surface area (TPSA) is 71.1 Å². The van der Waals surface area contributed by atoms with E-state index in [4.69, 9.17) is 0 Å². The number of pyridine rings is 1. The lowest BCUT2D eigenvalue weighted by Crippen LogP contribution is -2.42. The van der Waals surface area contributed by atoms with E-state index in [0.717, 1.165) is 25.8 Å². The summed E-state index contributed by atoms with van der Waals surface area (Å²) in [5.41, 5.74) is 6.89. The van der Waals surface area contributed by atoms with E-state index in [1.807, 2.05) is 55.5 Å². The number of aromatic nitrogens is 1. The normalized spacial score (nSPS) is 10.5. The second-order valence-electron chi connectivity index (χ2n) is 5.59. The molecule has 0 fully saturated rings. The van der Waals surface area contributed by atoms with Crippen LogP contribution in [0.4, 0.5) is 0 Å². The zero-order valence-electron chi connectivity index (χ0n) is 14.0. The molecule has 7 heteroatoms. The molecule has 0 unspecified atom stereocenters. The van der Waals surface area contributed by atoms with Crippen LogP contribution in [0.25, 0.3) is 10.9 Å². The number of nitrogens with zero attached hydrogens (tertiary/aromatic N) is 1. The van der Waals surface area contributed by atoms with Gasteiger partial charge in [0.15, 0.2) is 0 Å². The number of halogens is 1. The van der Waals surface area contributed by atoms with Gasteiger partial charge in [0.2, 0.25) is 5.91 Å². The summed E-state index contributed by atoms with van der Waals surface area (Å²) in [6.45, 7) is 1.98. The fourth-order valence-corrected chi connectivity index (χ4v) is 3.62. The summed E-state index contributed by atoms with van der Waals surface area (Å²) in [6, 6.07) is 16.9. The minimum atomic E-state index is -0.450. The van der Waals surface area contributed by atoms with Crippen molar-refractivity contribution in [2.75, 3.05) is 5.75 Å². The Balaban J connectivity index is 1.54. The number of thioether (sulfide) groups is 1. The van der Waals surface area contributed by atoms with Crippen LogP contribution in [-0.4, -0.2) is 22.6 Å². The van der Waals surface area contributed by atoms with Crippen molar-refractivity contribution in [3.05, 3.63) is 70.3 Å². The van der Waals surface area contributed by atoms with Crippen LogP contribution >= 0.6 is 27.7 Å². The molecule has 0 spiro atoms. The summed E-state index contributed by atoms with van der Waals surface area (Å²) < 4.78 is 0.999. The summed E-state index contributed by atoms with van der Waals surface area (Å²) in [6.07, 6.45) is 0. The number of carbonyl (C=O) groups excluding carboxylic acids is 2. The average molecular weight is 430 g/mol. The first-order valence-corrected chi connectivity index (χ1v) is 9.65. The van der Waals surface area contributed by atoms with E-state index in [9.17, 15) is 9.59 Å². The number of fused-ring (bicyclic) bond motifs is 1. The Morgan fingerprint density at radius 2 is 1.88 bits per heavy atom. The van der Waals surface area contributed by atoms with Crippen molar-refractivity contribution >= 4 is 50.4 Å². The lowest BCUT2D eigenvalue weighted by Gasteiger charge is -2.09. The van der Waals surface area contributed by atoms with Gasteiger partial charge in [-0.2, -0.15) is 0 Å². The third kappa shape index (κ3) is 4.62. The van der Waals surface area contributed by atoms with Crippen molar-refractivity contribution in [1.82, 2.24) is 15.8 Å². The fraction of sp³-hybridized carbons (Fsp3) is 0.105. The molecular formula is C19H16BrN3O2S. The van der Waals surface area contributed by atoms with Gasteiger partial charge in [-0.25, -0.2) is 4.98 Å². The minimum Gasteiger partial charge on any atom is -0.272 e. The number of hydrazine groups is 1. The molecular weight excluding hydrogens is 414 g/mol. The Morgan fingerprint density at radius 3 is 2.69 bits per heavy atom. The Labute approximate surface area is 163 Å². The van der Waals surface area contributed by atoms with Gasteiger partial charge in [0.1, 0.15) is 5.69 Å². The van der Waals surface area contributed by atoms with Crippen LogP contribution in [0.1, 0.15) is 16.1 Å².